The van der Waals surface area contributed by atoms with Gasteiger partial charge in [0.25, 0.3) is 0 Å². The van der Waals surface area contributed by atoms with Gasteiger partial charge in [-0.1, -0.05) is 56.3 Å². The van der Waals surface area contributed by atoms with Gasteiger partial charge in [-0.15, -0.1) is 0 Å². The van der Waals surface area contributed by atoms with Gasteiger partial charge in [0.15, 0.2) is 0 Å². The second-order valence-electron chi connectivity index (χ2n) is 15.9. The Labute approximate surface area is 368 Å². The van der Waals surface area contributed by atoms with E-state index in [4.69, 9.17) is 17.2 Å². The van der Waals surface area contributed by atoms with E-state index in [1.807, 2.05) is 18.2 Å². The monoisotopic (exact) mass is 884 g/mol. The van der Waals surface area contributed by atoms with Crippen molar-refractivity contribution in [1.82, 2.24) is 36.9 Å². The van der Waals surface area contributed by atoms with Crippen LogP contribution >= 0.6 is 0 Å². The Hall–Kier alpha value is -7.48. The van der Waals surface area contributed by atoms with E-state index in [1.165, 1.54) is 19.1 Å². The zero-order valence-electron chi connectivity index (χ0n) is 35.7. The van der Waals surface area contributed by atoms with Gasteiger partial charge in [-0.3, -0.25) is 38.4 Å². The van der Waals surface area contributed by atoms with E-state index < -0.39 is 96.5 Å². The third-order valence-electron chi connectivity index (χ3n) is 10.0. The van der Waals surface area contributed by atoms with E-state index in [1.54, 1.807) is 62.5 Å². The Morgan fingerprint density at radius 1 is 0.641 bits per heavy atom. The average molecular weight is 885 g/mol. The van der Waals surface area contributed by atoms with Crippen molar-refractivity contribution < 1.29 is 48.6 Å². The number of fused-ring (bicyclic) bond motifs is 1. The summed E-state index contributed by atoms with van der Waals surface area (Å²) >= 11 is 0. The molecule has 0 radical (unpaired) electrons. The maximum absolute atomic E-state index is 14.2. The standard InChI is InChI=1S/C44H56N10O10/c1-23(2)16-33(42(62)54-36(20-38(57)58)44(64)51-32(39(47)59)17-25-8-12-28(46)13-9-25)53-43(63)35(19-27-21-48-31-7-5-4-6-30(27)31)50-37(56)22-49-41(61)34(52-40(60)24(3)45)18-26-10-14-29(55)15-11-26/h4-15,21,23-24,32-36,48,55H,16-20,22,45-46H2,1-3H3,(H2,47,59)(H,49,61)(H,50,56)(H,51,64)(H,52,60)(H,53,63)(H,54,62)(H,57,58)/t24-,32-,33-,34-,35-,36-/m0/s1. The zero-order chi connectivity index (χ0) is 47.1. The highest BCUT2D eigenvalue weighted by Gasteiger charge is 2.33. The molecule has 0 fully saturated rings. The number of anilines is 1. The molecule has 1 aromatic heterocycles. The molecule has 4 aromatic rings. The van der Waals surface area contributed by atoms with E-state index in [2.05, 4.69) is 36.9 Å². The first-order chi connectivity index (χ1) is 30.3. The normalized spacial score (nSPS) is 13.9. The number of para-hydroxylation sites is 1. The molecule has 0 spiro atoms. The number of amides is 7. The minimum Gasteiger partial charge on any atom is -0.508 e. The number of nitrogens with two attached hydrogens (primary N) is 3. The number of phenols is 1. The Morgan fingerprint density at radius 3 is 1.78 bits per heavy atom. The van der Waals surface area contributed by atoms with Gasteiger partial charge in [-0.05, 0) is 66.3 Å². The van der Waals surface area contributed by atoms with Gasteiger partial charge >= 0.3 is 5.97 Å². The third kappa shape index (κ3) is 15.2. The fourth-order valence-electron chi connectivity index (χ4n) is 6.66. The minimum absolute atomic E-state index is 0.00445. The predicted molar refractivity (Wildman–Crippen MR) is 236 cm³/mol. The molecular weight excluding hydrogens is 829 g/mol. The number of nitrogens with one attached hydrogen (secondary N) is 7. The van der Waals surface area contributed by atoms with Gasteiger partial charge in [0.05, 0.1) is 19.0 Å². The lowest BCUT2D eigenvalue weighted by Gasteiger charge is -2.27. The summed E-state index contributed by atoms with van der Waals surface area (Å²) in [6.45, 7) is 4.33. The summed E-state index contributed by atoms with van der Waals surface area (Å²) in [7, 11) is 0. The molecule has 20 nitrogen and oxygen atoms in total. The highest BCUT2D eigenvalue weighted by molar-refractivity contribution is 5.98. The van der Waals surface area contributed by atoms with Gasteiger partial charge in [-0.2, -0.15) is 0 Å². The van der Waals surface area contributed by atoms with Gasteiger partial charge in [0.2, 0.25) is 41.4 Å². The van der Waals surface area contributed by atoms with Crippen LogP contribution in [-0.4, -0.2) is 105 Å². The summed E-state index contributed by atoms with van der Waals surface area (Å²) in [5.74, 6) is -7.52. The van der Waals surface area contributed by atoms with Crippen LogP contribution in [-0.2, 0) is 57.6 Å². The van der Waals surface area contributed by atoms with Gasteiger partial charge in [-0.25, -0.2) is 0 Å². The summed E-state index contributed by atoms with van der Waals surface area (Å²) in [6.07, 6.45) is 0.628. The number of aromatic amines is 1. The van der Waals surface area contributed by atoms with Crippen molar-refractivity contribution in [3.63, 3.8) is 0 Å². The molecule has 0 bridgehead atoms. The smallest absolute Gasteiger partial charge is 0.305 e. The first kappa shape index (κ1) is 49.2. The average Bonchev–Trinajstić information content (AvgIpc) is 3.65. The number of carboxylic acid groups (broad SMARTS) is 1. The van der Waals surface area contributed by atoms with E-state index in [0.29, 0.717) is 22.4 Å². The molecule has 0 aliphatic heterocycles. The summed E-state index contributed by atoms with van der Waals surface area (Å²) in [5.41, 5.74) is 20.0. The van der Waals surface area contributed by atoms with Crippen molar-refractivity contribution in [2.45, 2.75) is 89.1 Å². The highest BCUT2D eigenvalue weighted by atomic mass is 16.4. The van der Waals surface area contributed by atoms with Gasteiger partial charge in [0, 0.05) is 42.0 Å². The van der Waals surface area contributed by atoms with E-state index in [9.17, 15) is 48.6 Å². The van der Waals surface area contributed by atoms with Crippen LogP contribution in [0.3, 0.4) is 0 Å². The molecule has 7 amide bonds. The topological polar surface area (TPSA) is 343 Å². The number of carboxylic acids is 1. The first-order valence-corrected chi connectivity index (χ1v) is 20.5. The molecule has 6 atom stereocenters. The van der Waals surface area contributed by atoms with Crippen molar-refractivity contribution in [2.75, 3.05) is 12.3 Å². The number of aliphatic carboxylic acids is 1. The molecule has 15 N–H and O–H groups in total. The summed E-state index contributed by atoms with van der Waals surface area (Å²) < 4.78 is 0. The number of primary amides is 1. The van der Waals surface area contributed by atoms with Crippen LogP contribution in [0.4, 0.5) is 5.69 Å². The number of phenolic OH excluding ortho intramolecular Hbond substituents is 1. The third-order valence-corrected chi connectivity index (χ3v) is 10.0. The van der Waals surface area contributed by atoms with Crippen LogP contribution in [0.2, 0.25) is 0 Å². The fraction of sp³-hybridized carbons (Fsp3) is 0.364. The maximum Gasteiger partial charge on any atom is 0.305 e. The molecule has 0 aliphatic carbocycles. The maximum atomic E-state index is 14.2. The SMILES string of the molecule is CC(C)C[C@H](NC(=O)[C@H](Cc1c[nH]c2ccccc12)NC(=O)CNC(=O)[C@H](Cc1ccc(O)cc1)NC(=O)[C@H](C)N)C(=O)N[C@@H](CC(=O)O)C(=O)N[C@@H](Cc1ccc(N)cc1)C(N)=O. The lowest BCUT2D eigenvalue weighted by atomic mass is 10.00. The zero-order valence-corrected chi connectivity index (χ0v) is 35.7. The van der Waals surface area contributed by atoms with Crippen LogP contribution in [0, 0.1) is 5.92 Å². The molecule has 0 unspecified atom stereocenters. The van der Waals surface area contributed by atoms with Gasteiger partial charge < -0.3 is 64.3 Å². The number of carbonyl (C=O) groups is 8. The number of hydrogen-bond acceptors (Lipinski definition) is 11. The molecule has 20 heteroatoms. The van der Waals surface area contributed by atoms with Crippen molar-refractivity contribution >= 4 is 63.9 Å². The van der Waals surface area contributed by atoms with Crippen LogP contribution < -0.4 is 49.1 Å². The number of rotatable bonds is 23. The highest BCUT2D eigenvalue weighted by Crippen LogP contribution is 2.20. The predicted octanol–water partition coefficient (Wildman–Crippen LogP) is -0.623. The molecule has 4 rings (SSSR count). The Morgan fingerprint density at radius 2 is 1.17 bits per heavy atom. The van der Waals surface area contributed by atoms with Crippen molar-refractivity contribution in [3.05, 3.63) is 95.7 Å². The lowest BCUT2D eigenvalue weighted by Crippen LogP contribution is -2.59. The molecule has 0 aliphatic rings. The molecule has 0 saturated carbocycles. The number of aromatic hydroxyl groups is 1. The van der Waals surface area contributed by atoms with Gasteiger partial charge in [0.1, 0.15) is 36.0 Å². The van der Waals surface area contributed by atoms with Crippen LogP contribution in [0.1, 0.15) is 50.3 Å². The summed E-state index contributed by atoms with van der Waals surface area (Å²) in [5, 5.41) is 35.2. The summed E-state index contributed by atoms with van der Waals surface area (Å²) in [6, 6.07) is 11.8. The largest absolute Gasteiger partial charge is 0.508 e. The minimum atomic E-state index is -1.70. The molecular formula is C44H56N10O10. The number of nitrogen functional groups attached to an aromatic ring is 1. The quantitative estimate of drug-likeness (QED) is 0.0415. The summed E-state index contributed by atoms with van der Waals surface area (Å²) in [4.78, 5) is 108. The number of hydrogen-bond donors (Lipinski definition) is 12. The van der Waals surface area contributed by atoms with Crippen molar-refractivity contribution in [1.29, 1.82) is 0 Å². The van der Waals surface area contributed by atoms with E-state index in [0.717, 1.165) is 10.9 Å². The number of aromatic nitrogens is 1. The van der Waals surface area contributed by atoms with Crippen LogP contribution in [0.25, 0.3) is 10.9 Å². The first-order valence-electron chi connectivity index (χ1n) is 20.5. The van der Waals surface area contributed by atoms with Crippen LogP contribution in [0.5, 0.6) is 5.75 Å². The second-order valence-corrected chi connectivity index (χ2v) is 15.9. The number of H-pyrrole nitrogens is 1. The number of carbonyl (C=O) groups excluding carboxylic acids is 7. The number of benzene rings is 3. The van der Waals surface area contributed by atoms with E-state index >= 15 is 0 Å². The Kier molecular flexibility index (Phi) is 17.8. The fourth-order valence-corrected chi connectivity index (χ4v) is 6.66. The Balaban J connectivity index is 1.53. The Bertz CT molecular complexity index is 2300. The van der Waals surface area contributed by atoms with E-state index in [-0.39, 0.29) is 37.4 Å². The second kappa shape index (κ2) is 23.1. The van der Waals surface area contributed by atoms with Crippen molar-refractivity contribution in [3.8, 4) is 5.75 Å². The molecule has 0 saturated heterocycles. The molecule has 3 aromatic carbocycles. The molecule has 64 heavy (non-hydrogen) atoms. The molecule has 342 valence electrons. The molecule has 1 heterocycles. The van der Waals surface area contributed by atoms with Crippen LogP contribution in [0.15, 0.2) is 79.0 Å². The van der Waals surface area contributed by atoms with Crippen molar-refractivity contribution in [2.24, 2.45) is 17.4 Å². The lowest BCUT2D eigenvalue weighted by molar-refractivity contribution is -0.141.